The number of nitrogens with two attached hydrogens (primary N) is 1. The van der Waals surface area contributed by atoms with E-state index in [1.54, 1.807) is 11.6 Å². The second kappa shape index (κ2) is 8.81. The zero-order valence-corrected chi connectivity index (χ0v) is 17.7. The molecule has 0 saturated heterocycles. The minimum absolute atomic E-state index is 0.156. The zero-order chi connectivity index (χ0) is 18.6. The molecule has 0 aliphatic heterocycles. The molecular formula is C15H17Br2N5O2S. The van der Waals surface area contributed by atoms with E-state index in [1.807, 2.05) is 19.1 Å². The van der Waals surface area contributed by atoms with E-state index in [2.05, 4.69) is 47.4 Å². The molecule has 0 aliphatic carbocycles. The van der Waals surface area contributed by atoms with Crippen LogP contribution in [0.3, 0.4) is 0 Å². The highest BCUT2D eigenvalue weighted by Gasteiger charge is 2.14. The number of thioether (sulfide) groups is 1. The third kappa shape index (κ3) is 5.55. The molecule has 25 heavy (non-hydrogen) atoms. The van der Waals surface area contributed by atoms with Crippen LogP contribution < -0.4 is 11.1 Å². The number of aromatic nitrogens is 3. The Balaban J connectivity index is 1.96. The van der Waals surface area contributed by atoms with Gasteiger partial charge in [-0.1, -0.05) is 11.8 Å². The Morgan fingerprint density at radius 2 is 1.92 bits per heavy atom. The number of rotatable bonds is 7. The maximum Gasteiger partial charge on any atom is 0.234 e. The van der Waals surface area contributed by atoms with Crippen molar-refractivity contribution in [1.82, 2.24) is 14.8 Å². The highest BCUT2D eigenvalue weighted by Crippen LogP contribution is 2.32. The summed E-state index contributed by atoms with van der Waals surface area (Å²) in [5.41, 5.74) is 6.91. The van der Waals surface area contributed by atoms with Gasteiger partial charge < -0.3 is 15.6 Å². The molecule has 134 valence electrons. The number of hydrogen-bond acceptors (Lipinski definition) is 5. The molecule has 0 atom stereocenters. The van der Waals surface area contributed by atoms with Crippen molar-refractivity contribution >= 4 is 61.1 Å². The summed E-state index contributed by atoms with van der Waals surface area (Å²) in [6.07, 6.45) is 0.640. The van der Waals surface area contributed by atoms with Crippen molar-refractivity contribution in [2.24, 2.45) is 12.8 Å². The first-order chi connectivity index (χ1) is 11.8. The minimum Gasteiger partial charge on any atom is -0.370 e. The maximum atomic E-state index is 12.2. The van der Waals surface area contributed by atoms with Crippen LogP contribution in [0, 0.1) is 6.92 Å². The molecule has 0 aliphatic rings. The second-order valence-electron chi connectivity index (χ2n) is 5.36. The van der Waals surface area contributed by atoms with E-state index < -0.39 is 0 Å². The summed E-state index contributed by atoms with van der Waals surface area (Å²) < 4.78 is 3.38. The van der Waals surface area contributed by atoms with Gasteiger partial charge in [-0.3, -0.25) is 9.59 Å². The van der Waals surface area contributed by atoms with Gasteiger partial charge in [-0.2, -0.15) is 0 Å². The lowest BCUT2D eigenvalue weighted by Gasteiger charge is -2.10. The van der Waals surface area contributed by atoms with E-state index in [0.29, 0.717) is 23.1 Å². The number of anilines is 1. The van der Waals surface area contributed by atoms with Gasteiger partial charge in [0.2, 0.25) is 11.8 Å². The van der Waals surface area contributed by atoms with Gasteiger partial charge in [-0.25, -0.2) is 0 Å². The molecule has 1 aromatic carbocycles. The van der Waals surface area contributed by atoms with Crippen molar-refractivity contribution in [2.75, 3.05) is 11.1 Å². The summed E-state index contributed by atoms with van der Waals surface area (Å²) in [4.78, 5) is 23.1. The second-order valence-corrected chi connectivity index (χ2v) is 8.02. The summed E-state index contributed by atoms with van der Waals surface area (Å²) in [7, 11) is 1.80. The molecule has 1 aromatic heterocycles. The van der Waals surface area contributed by atoms with E-state index in [1.165, 1.54) is 11.8 Å². The Morgan fingerprint density at radius 3 is 2.52 bits per heavy atom. The molecule has 7 nitrogen and oxygen atoms in total. The quantitative estimate of drug-likeness (QED) is 0.581. The zero-order valence-electron chi connectivity index (χ0n) is 13.7. The van der Waals surface area contributed by atoms with Crippen molar-refractivity contribution < 1.29 is 9.59 Å². The molecule has 0 saturated carbocycles. The van der Waals surface area contributed by atoms with Crippen LogP contribution in [-0.2, 0) is 23.1 Å². The summed E-state index contributed by atoms with van der Waals surface area (Å²) in [6, 6.07) is 3.86. The molecule has 3 N–H and O–H groups in total. The molecule has 0 unspecified atom stereocenters. The van der Waals surface area contributed by atoms with Gasteiger partial charge in [0.05, 0.1) is 11.4 Å². The molecule has 0 fully saturated rings. The first-order valence-electron chi connectivity index (χ1n) is 7.32. The smallest absolute Gasteiger partial charge is 0.234 e. The van der Waals surface area contributed by atoms with Crippen LogP contribution in [0.2, 0.25) is 0 Å². The molecule has 1 heterocycles. The summed E-state index contributed by atoms with van der Waals surface area (Å²) in [6.45, 7) is 1.97. The molecule has 0 bridgehead atoms. The van der Waals surface area contributed by atoms with Gasteiger partial charge in [0.15, 0.2) is 5.16 Å². The van der Waals surface area contributed by atoms with Crippen molar-refractivity contribution in [3.05, 3.63) is 32.5 Å². The number of hydrogen-bond donors (Lipinski definition) is 2. The predicted molar refractivity (Wildman–Crippen MR) is 104 cm³/mol. The molecule has 2 rings (SSSR count). The average molecular weight is 491 g/mol. The Bertz CT molecular complexity index is 786. The van der Waals surface area contributed by atoms with Crippen LogP contribution in [0.5, 0.6) is 0 Å². The third-order valence-electron chi connectivity index (χ3n) is 3.30. The van der Waals surface area contributed by atoms with Crippen molar-refractivity contribution in [2.45, 2.75) is 24.9 Å². The maximum absolute atomic E-state index is 12.2. The standard InChI is InChI=1S/C15H17Br2N5O2S/c1-8-5-9(16)14(10(17)6-8)19-13(24)7-25-15-21-20-12(22(15)2)4-3-11(18)23/h5-6H,3-4,7H2,1-2H3,(H2,18,23)(H,19,24). The largest absolute Gasteiger partial charge is 0.370 e. The Morgan fingerprint density at radius 1 is 1.28 bits per heavy atom. The third-order valence-corrected chi connectivity index (χ3v) is 5.57. The monoisotopic (exact) mass is 489 g/mol. The number of benzene rings is 1. The Kier molecular flexibility index (Phi) is 7.03. The summed E-state index contributed by atoms with van der Waals surface area (Å²) in [5, 5.41) is 11.5. The SMILES string of the molecule is Cc1cc(Br)c(NC(=O)CSc2nnc(CCC(N)=O)n2C)c(Br)c1. The van der Waals surface area contributed by atoms with E-state index in [-0.39, 0.29) is 24.0 Å². The van der Waals surface area contributed by atoms with Crippen molar-refractivity contribution in [1.29, 1.82) is 0 Å². The van der Waals surface area contributed by atoms with Crippen LogP contribution >= 0.6 is 43.6 Å². The fraction of sp³-hybridized carbons (Fsp3) is 0.333. The van der Waals surface area contributed by atoms with Gasteiger partial charge >= 0.3 is 0 Å². The fourth-order valence-electron chi connectivity index (χ4n) is 2.05. The topological polar surface area (TPSA) is 103 Å². The Labute approximate surface area is 166 Å². The lowest BCUT2D eigenvalue weighted by Crippen LogP contribution is -2.15. The Hall–Kier alpha value is -1.39. The highest BCUT2D eigenvalue weighted by molar-refractivity contribution is 9.11. The number of halogens is 2. The van der Waals surface area contributed by atoms with Crippen LogP contribution in [-0.4, -0.2) is 32.3 Å². The first kappa shape index (κ1) is 19.9. The molecule has 2 amide bonds. The van der Waals surface area contributed by atoms with Gasteiger partial charge in [0, 0.05) is 28.8 Å². The van der Waals surface area contributed by atoms with Crippen LogP contribution in [0.25, 0.3) is 0 Å². The predicted octanol–water partition coefficient (Wildman–Crippen LogP) is 2.80. The van der Waals surface area contributed by atoms with E-state index in [0.717, 1.165) is 14.5 Å². The van der Waals surface area contributed by atoms with Crippen LogP contribution in [0.15, 0.2) is 26.2 Å². The van der Waals surface area contributed by atoms with Gasteiger partial charge in [0.1, 0.15) is 5.82 Å². The molecule has 0 spiro atoms. The van der Waals surface area contributed by atoms with Crippen LogP contribution in [0.1, 0.15) is 17.8 Å². The van der Waals surface area contributed by atoms with Gasteiger partial charge in [-0.05, 0) is 56.5 Å². The van der Waals surface area contributed by atoms with Crippen molar-refractivity contribution in [3.63, 3.8) is 0 Å². The molecule has 0 radical (unpaired) electrons. The van der Waals surface area contributed by atoms with Crippen LogP contribution in [0.4, 0.5) is 5.69 Å². The number of primary amides is 1. The van der Waals surface area contributed by atoms with E-state index in [4.69, 9.17) is 5.73 Å². The fourth-order valence-corrected chi connectivity index (χ4v) is 4.39. The average Bonchev–Trinajstić information content (AvgIpc) is 2.87. The number of carbonyl (C=O) groups is 2. The number of nitrogens with one attached hydrogen (secondary N) is 1. The number of aryl methyl sites for hydroxylation is 2. The van der Waals surface area contributed by atoms with Gasteiger partial charge in [-0.15, -0.1) is 10.2 Å². The minimum atomic E-state index is -0.383. The summed E-state index contributed by atoms with van der Waals surface area (Å²) >= 11 is 8.18. The molecular weight excluding hydrogens is 474 g/mol. The number of amides is 2. The molecule has 2 aromatic rings. The summed E-state index contributed by atoms with van der Waals surface area (Å²) in [5.74, 6) is 0.308. The first-order valence-corrected chi connectivity index (χ1v) is 9.90. The highest BCUT2D eigenvalue weighted by atomic mass is 79.9. The van der Waals surface area contributed by atoms with Gasteiger partial charge in [0.25, 0.3) is 0 Å². The van der Waals surface area contributed by atoms with Crippen molar-refractivity contribution in [3.8, 4) is 0 Å². The normalized spacial score (nSPS) is 10.7. The lowest BCUT2D eigenvalue weighted by molar-refractivity contribution is -0.118. The molecule has 10 heteroatoms. The van der Waals surface area contributed by atoms with E-state index >= 15 is 0 Å². The number of nitrogens with zero attached hydrogens (tertiary/aromatic N) is 3. The lowest BCUT2D eigenvalue weighted by atomic mass is 10.2. The number of carbonyl (C=O) groups excluding carboxylic acids is 2. The van der Waals surface area contributed by atoms with E-state index in [9.17, 15) is 9.59 Å².